The van der Waals surface area contributed by atoms with E-state index in [4.69, 9.17) is 14.2 Å². The Labute approximate surface area is 144 Å². The van der Waals surface area contributed by atoms with Gasteiger partial charge in [-0.05, 0) is 5.56 Å². The van der Waals surface area contributed by atoms with Crippen LogP contribution >= 0.6 is 0 Å². The molecular formula is C17H22O8. The van der Waals surface area contributed by atoms with Crippen LogP contribution in [-0.4, -0.2) is 63.9 Å². The largest absolute Gasteiger partial charge is 0.453 e. The lowest BCUT2D eigenvalue weighted by Crippen LogP contribution is -2.69. The van der Waals surface area contributed by atoms with E-state index in [1.54, 1.807) is 24.3 Å². The van der Waals surface area contributed by atoms with Gasteiger partial charge in [-0.1, -0.05) is 30.3 Å². The number of esters is 1. The summed E-state index contributed by atoms with van der Waals surface area (Å²) in [7, 11) is 0. The van der Waals surface area contributed by atoms with Gasteiger partial charge in [-0.15, -0.1) is 0 Å². The summed E-state index contributed by atoms with van der Waals surface area (Å²) < 4.78 is 15.8. The van der Waals surface area contributed by atoms with Gasteiger partial charge >= 0.3 is 5.97 Å². The Hall–Kier alpha value is -1.84. The monoisotopic (exact) mass is 354 g/mol. The molecule has 0 bridgehead atoms. The van der Waals surface area contributed by atoms with Gasteiger partial charge in [0.05, 0.1) is 13.2 Å². The van der Waals surface area contributed by atoms with Crippen molar-refractivity contribution >= 4 is 11.8 Å². The average molecular weight is 354 g/mol. The highest BCUT2D eigenvalue weighted by Crippen LogP contribution is 2.33. The number of carbonyl (C=O) groups is 2. The molecule has 0 saturated carbocycles. The second-order valence-electron chi connectivity index (χ2n) is 5.87. The molecule has 138 valence electrons. The van der Waals surface area contributed by atoms with Crippen molar-refractivity contribution < 1.29 is 39.1 Å². The van der Waals surface area contributed by atoms with E-state index in [0.29, 0.717) is 0 Å². The molecule has 1 saturated heterocycles. The van der Waals surface area contributed by atoms with Crippen LogP contribution in [0.15, 0.2) is 30.3 Å². The van der Waals surface area contributed by atoms with Crippen LogP contribution in [-0.2, 0) is 30.4 Å². The smallest absolute Gasteiger partial charge is 0.303 e. The molecule has 1 aromatic carbocycles. The molecule has 1 aliphatic rings. The normalized spacial score (nSPS) is 32.2. The first-order chi connectivity index (χ1) is 11.8. The molecule has 1 heterocycles. The Morgan fingerprint density at radius 3 is 2.40 bits per heavy atom. The van der Waals surface area contributed by atoms with Crippen LogP contribution < -0.4 is 0 Å². The van der Waals surface area contributed by atoms with Gasteiger partial charge in [0, 0.05) is 13.8 Å². The van der Waals surface area contributed by atoms with Crippen molar-refractivity contribution in [3.8, 4) is 0 Å². The summed E-state index contributed by atoms with van der Waals surface area (Å²) in [4.78, 5) is 23.3. The molecule has 0 aliphatic carbocycles. The molecule has 8 nitrogen and oxygen atoms in total. The van der Waals surface area contributed by atoms with E-state index in [-0.39, 0.29) is 6.61 Å². The van der Waals surface area contributed by atoms with Crippen LogP contribution in [0.2, 0.25) is 0 Å². The zero-order chi connectivity index (χ0) is 18.6. The van der Waals surface area contributed by atoms with Gasteiger partial charge in [-0.3, -0.25) is 9.59 Å². The van der Waals surface area contributed by atoms with Crippen molar-refractivity contribution in [3.05, 3.63) is 35.9 Å². The number of hydrogen-bond donors (Lipinski definition) is 3. The third-order valence-electron chi connectivity index (χ3n) is 4.00. The number of ketones is 1. The molecule has 2 rings (SSSR count). The number of aliphatic hydroxyl groups is 3. The van der Waals surface area contributed by atoms with E-state index < -0.39 is 48.6 Å². The summed E-state index contributed by atoms with van der Waals surface area (Å²) in [5.41, 5.74) is 0.773. The number of rotatable bonds is 6. The molecule has 25 heavy (non-hydrogen) atoms. The zero-order valence-electron chi connectivity index (χ0n) is 14.0. The molecule has 8 heteroatoms. The maximum Gasteiger partial charge on any atom is 0.303 e. The fraction of sp³-hybridized carbons (Fsp3) is 0.529. The van der Waals surface area contributed by atoms with Gasteiger partial charge < -0.3 is 29.5 Å². The fourth-order valence-corrected chi connectivity index (χ4v) is 2.69. The topological polar surface area (TPSA) is 123 Å². The lowest BCUT2D eigenvalue weighted by molar-refractivity contribution is -0.338. The Morgan fingerprint density at radius 2 is 1.88 bits per heavy atom. The molecule has 0 radical (unpaired) electrons. The Bertz CT molecular complexity index is 604. The maximum absolute atomic E-state index is 11.9. The third-order valence-corrected chi connectivity index (χ3v) is 4.00. The SMILES string of the molecule is CC(=O)O[C@@H]1[C@@H](OCc2ccccc2)[C@H](O)[C@@H](CO)OC1(O)C(C)=O. The van der Waals surface area contributed by atoms with Crippen LogP contribution in [0, 0.1) is 0 Å². The van der Waals surface area contributed by atoms with Crippen molar-refractivity contribution in [3.63, 3.8) is 0 Å². The summed E-state index contributed by atoms with van der Waals surface area (Å²) in [6, 6.07) is 8.99. The van der Waals surface area contributed by atoms with Gasteiger partial charge in [0.15, 0.2) is 11.9 Å². The van der Waals surface area contributed by atoms with E-state index in [1.807, 2.05) is 6.07 Å². The Balaban J connectivity index is 2.31. The minimum Gasteiger partial charge on any atom is -0.453 e. The standard InChI is InChI=1S/C17H22O8/c1-10(19)17(22)16(24-11(2)20)15(14(21)13(8-18)25-17)23-9-12-6-4-3-5-7-12/h3-7,13-16,18,21-22H,8-9H2,1-2H3/t13-,14-,15+,16-,17?/m1/s1. The fourth-order valence-electron chi connectivity index (χ4n) is 2.69. The molecule has 1 aliphatic heterocycles. The van der Waals surface area contributed by atoms with Crippen LogP contribution in [0.1, 0.15) is 19.4 Å². The van der Waals surface area contributed by atoms with E-state index in [9.17, 15) is 24.9 Å². The van der Waals surface area contributed by atoms with Gasteiger partial charge in [-0.2, -0.15) is 0 Å². The van der Waals surface area contributed by atoms with E-state index >= 15 is 0 Å². The van der Waals surface area contributed by atoms with Crippen molar-refractivity contribution in [2.24, 2.45) is 0 Å². The van der Waals surface area contributed by atoms with E-state index in [2.05, 4.69) is 0 Å². The number of ether oxygens (including phenoxy) is 3. The van der Waals surface area contributed by atoms with E-state index in [0.717, 1.165) is 19.4 Å². The van der Waals surface area contributed by atoms with Crippen LogP contribution in [0.25, 0.3) is 0 Å². The van der Waals surface area contributed by atoms with Gasteiger partial charge in [0.25, 0.3) is 5.79 Å². The molecule has 0 spiro atoms. The van der Waals surface area contributed by atoms with Crippen molar-refractivity contribution in [1.29, 1.82) is 0 Å². The minimum atomic E-state index is -2.53. The van der Waals surface area contributed by atoms with Crippen LogP contribution in [0.3, 0.4) is 0 Å². The Kier molecular flexibility index (Phi) is 6.26. The molecule has 3 N–H and O–H groups in total. The first-order valence-corrected chi connectivity index (χ1v) is 7.82. The second kappa shape index (κ2) is 8.03. The van der Waals surface area contributed by atoms with E-state index in [1.165, 1.54) is 0 Å². The summed E-state index contributed by atoms with van der Waals surface area (Å²) >= 11 is 0. The highest BCUT2D eigenvalue weighted by atomic mass is 16.7. The summed E-state index contributed by atoms with van der Waals surface area (Å²) in [6.07, 6.45) is -5.55. The maximum atomic E-state index is 11.9. The molecule has 1 fully saturated rings. The molecule has 5 atom stereocenters. The molecule has 0 aromatic heterocycles. The predicted octanol–water partition coefficient (Wildman–Crippen LogP) is -0.467. The second-order valence-corrected chi connectivity index (χ2v) is 5.87. The molecular weight excluding hydrogens is 332 g/mol. The summed E-state index contributed by atoms with van der Waals surface area (Å²) in [5, 5.41) is 30.3. The molecule has 0 amide bonds. The van der Waals surface area contributed by atoms with Crippen LogP contribution in [0.5, 0.6) is 0 Å². The van der Waals surface area contributed by atoms with Crippen molar-refractivity contribution in [2.75, 3.05) is 6.61 Å². The quantitative estimate of drug-likeness (QED) is 0.586. The van der Waals surface area contributed by atoms with Crippen molar-refractivity contribution in [2.45, 2.75) is 50.7 Å². The van der Waals surface area contributed by atoms with Crippen molar-refractivity contribution in [1.82, 2.24) is 0 Å². The third kappa shape index (κ3) is 4.23. The number of hydrogen-bond acceptors (Lipinski definition) is 8. The number of carbonyl (C=O) groups excluding carboxylic acids is 2. The number of aliphatic hydroxyl groups excluding tert-OH is 2. The number of Topliss-reactive ketones (excluding diaryl/α,β-unsaturated/α-hetero) is 1. The first-order valence-electron chi connectivity index (χ1n) is 7.82. The minimum absolute atomic E-state index is 0.0342. The lowest BCUT2D eigenvalue weighted by atomic mass is 9.90. The highest BCUT2D eigenvalue weighted by molar-refractivity contribution is 5.84. The zero-order valence-corrected chi connectivity index (χ0v) is 14.0. The number of benzene rings is 1. The predicted molar refractivity (Wildman–Crippen MR) is 84.2 cm³/mol. The first kappa shape index (κ1) is 19.5. The molecule has 1 unspecified atom stereocenters. The van der Waals surface area contributed by atoms with Crippen LogP contribution in [0.4, 0.5) is 0 Å². The summed E-state index contributed by atoms with van der Waals surface area (Å²) in [5.74, 6) is -4.15. The van der Waals surface area contributed by atoms with Gasteiger partial charge in [0.1, 0.15) is 18.3 Å². The van der Waals surface area contributed by atoms with Gasteiger partial charge in [-0.25, -0.2) is 0 Å². The van der Waals surface area contributed by atoms with Gasteiger partial charge in [0.2, 0.25) is 0 Å². The lowest BCUT2D eigenvalue weighted by Gasteiger charge is -2.46. The highest BCUT2D eigenvalue weighted by Gasteiger charge is 2.59. The summed E-state index contributed by atoms with van der Waals surface area (Å²) in [6.45, 7) is 1.53. The Morgan fingerprint density at radius 1 is 1.24 bits per heavy atom. The molecule has 1 aromatic rings. The average Bonchev–Trinajstić information content (AvgIpc) is 2.58.